The second kappa shape index (κ2) is 8.42. The van der Waals surface area contributed by atoms with Crippen LogP contribution in [0.2, 0.25) is 0 Å². The van der Waals surface area contributed by atoms with Gasteiger partial charge in [0.05, 0.1) is 31.8 Å². The highest BCUT2D eigenvalue weighted by Gasteiger charge is 2.32. The van der Waals surface area contributed by atoms with E-state index in [1.807, 2.05) is 0 Å². The highest BCUT2D eigenvalue weighted by atomic mass is 32.2. The summed E-state index contributed by atoms with van der Waals surface area (Å²) in [5.41, 5.74) is 0. The Kier molecular flexibility index (Phi) is 5.72. The minimum Gasteiger partial charge on any atom is -0.490 e. The maximum atomic E-state index is 13.2. The van der Waals surface area contributed by atoms with Crippen LogP contribution in [-0.2, 0) is 10.0 Å². The third kappa shape index (κ3) is 4.38. The molecule has 1 atom stereocenters. The summed E-state index contributed by atoms with van der Waals surface area (Å²) in [6.45, 7) is 1.73. The minimum absolute atomic E-state index is 0.186. The molecule has 0 spiro atoms. The Morgan fingerprint density at radius 1 is 1.14 bits per heavy atom. The fourth-order valence-corrected chi connectivity index (χ4v) is 4.86. The molecule has 0 aliphatic carbocycles. The minimum atomic E-state index is -3.69. The number of methoxy groups -OCH3 is 1. The van der Waals surface area contributed by atoms with Crippen LogP contribution in [0.4, 0.5) is 0 Å². The lowest BCUT2D eigenvalue weighted by molar-refractivity contribution is 0.123. The molecule has 0 bridgehead atoms. The zero-order valence-corrected chi connectivity index (χ0v) is 16.9. The van der Waals surface area contributed by atoms with Crippen LogP contribution >= 0.6 is 0 Å². The number of aromatic nitrogens is 2. The summed E-state index contributed by atoms with van der Waals surface area (Å²) in [5, 5.41) is 0. The molecule has 1 fully saturated rings. The van der Waals surface area contributed by atoms with Crippen LogP contribution < -0.4 is 18.9 Å². The van der Waals surface area contributed by atoms with Crippen LogP contribution in [0.15, 0.2) is 35.4 Å². The molecule has 0 amide bonds. The van der Waals surface area contributed by atoms with Crippen LogP contribution in [0.1, 0.15) is 19.3 Å². The molecule has 156 valence electrons. The third-order valence-corrected chi connectivity index (χ3v) is 6.64. The first-order valence-corrected chi connectivity index (χ1v) is 10.9. The lowest BCUT2D eigenvalue weighted by atomic mass is 10.1. The number of sulfonamides is 1. The third-order valence-electron chi connectivity index (χ3n) is 4.78. The van der Waals surface area contributed by atoms with Gasteiger partial charge in [0.15, 0.2) is 11.5 Å². The van der Waals surface area contributed by atoms with Gasteiger partial charge in [-0.25, -0.2) is 13.4 Å². The van der Waals surface area contributed by atoms with Crippen LogP contribution in [0.5, 0.6) is 23.4 Å². The normalized spacial score (nSPS) is 20.0. The molecule has 2 aromatic rings. The van der Waals surface area contributed by atoms with Crippen molar-refractivity contribution < 1.29 is 27.4 Å². The van der Waals surface area contributed by atoms with Gasteiger partial charge in [-0.15, -0.1) is 0 Å². The molecule has 10 heteroatoms. The Balaban J connectivity index is 1.50. The molecule has 0 saturated carbocycles. The number of nitrogens with zero attached hydrogens (tertiary/aromatic N) is 3. The molecule has 2 aliphatic heterocycles. The maximum Gasteiger partial charge on any atom is 0.319 e. The van der Waals surface area contributed by atoms with Gasteiger partial charge < -0.3 is 18.9 Å². The number of hydrogen-bond acceptors (Lipinski definition) is 8. The zero-order valence-electron chi connectivity index (χ0n) is 16.1. The Hall–Kier alpha value is -2.59. The van der Waals surface area contributed by atoms with Crippen LogP contribution in [0, 0.1) is 0 Å². The van der Waals surface area contributed by atoms with E-state index in [2.05, 4.69) is 9.97 Å². The molecule has 9 nitrogen and oxygen atoms in total. The predicted molar refractivity (Wildman–Crippen MR) is 103 cm³/mol. The standard InChI is InChI=1S/C19H23N3O6S/c1-25-19-20-8-7-18(21-19)28-14-4-2-9-22(13-14)29(23,24)15-5-6-16-17(12-15)27-11-3-10-26-16/h5-8,12,14H,2-4,9-11,13H2,1H3. The molecule has 0 N–H and O–H groups in total. The molecule has 1 unspecified atom stereocenters. The highest BCUT2D eigenvalue weighted by molar-refractivity contribution is 7.89. The largest absolute Gasteiger partial charge is 0.490 e. The molecule has 1 aromatic heterocycles. The van der Waals surface area contributed by atoms with Crippen molar-refractivity contribution >= 4 is 10.0 Å². The fourth-order valence-electron chi connectivity index (χ4n) is 3.33. The first-order chi connectivity index (χ1) is 14.1. The van der Waals surface area contributed by atoms with Gasteiger partial charge in [0.25, 0.3) is 0 Å². The van der Waals surface area contributed by atoms with E-state index in [0.717, 1.165) is 12.8 Å². The molecule has 1 aromatic carbocycles. The Bertz CT molecular complexity index is 968. The summed E-state index contributed by atoms with van der Waals surface area (Å²) in [6.07, 6.45) is 3.42. The molecule has 29 heavy (non-hydrogen) atoms. The van der Waals surface area contributed by atoms with E-state index < -0.39 is 10.0 Å². The second-order valence-electron chi connectivity index (χ2n) is 6.79. The molecule has 2 aliphatic rings. The van der Waals surface area contributed by atoms with Crippen molar-refractivity contribution in [2.24, 2.45) is 0 Å². The van der Waals surface area contributed by atoms with Crippen LogP contribution in [0.3, 0.4) is 0 Å². The van der Waals surface area contributed by atoms with E-state index in [1.54, 1.807) is 18.2 Å². The van der Waals surface area contributed by atoms with Gasteiger partial charge in [0.1, 0.15) is 6.10 Å². The summed E-state index contributed by atoms with van der Waals surface area (Å²) >= 11 is 0. The monoisotopic (exact) mass is 421 g/mol. The number of fused-ring (bicyclic) bond motifs is 1. The first-order valence-electron chi connectivity index (χ1n) is 9.50. The predicted octanol–water partition coefficient (Wildman–Crippen LogP) is 1.88. The van der Waals surface area contributed by atoms with E-state index >= 15 is 0 Å². The van der Waals surface area contributed by atoms with Gasteiger partial charge in [-0.3, -0.25) is 0 Å². The summed E-state index contributed by atoms with van der Waals surface area (Å²) in [5.74, 6) is 1.39. The van der Waals surface area contributed by atoms with E-state index in [0.29, 0.717) is 43.6 Å². The summed E-state index contributed by atoms with van der Waals surface area (Å²) in [7, 11) is -2.21. The van der Waals surface area contributed by atoms with Crippen molar-refractivity contribution in [3.05, 3.63) is 30.5 Å². The number of hydrogen-bond donors (Lipinski definition) is 0. The molecular formula is C19H23N3O6S. The van der Waals surface area contributed by atoms with E-state index in [1.165, 1.54) is 23.7 Å². The number of benzene rings is 1. The fraction of sp³-hybridized carbons (Fsp3) is 0.474. The maximum absolute atomic E-state index is 13.2. The van der Waals surface area contributed by atoms with Crippen LogP contribution in [0.25, 0.3) is 0 Å². The van der Waals surface area contributed by atoms with E-state index in [9.17, 15) is 8.42 Å². The molecule has 3 heterocycles. The van der Waals surface area contributed by atoms with Crippen molar-refractivity contribution in [3.8, 4) is 23.4 Å². The Morgan fingerprint density at radius 3 is 2.79 bits per heavy atom. The van der Waals surface area contributed by atoms with Gasteiger partial charge in [-0.1, -0.05) is 0 Å². The highest BCUT2D eigenvalue weighted by Crippen LogP contribution is 2.33. The number of piperidine rings is 1. The van der Waals surface area contributed by atoms with Gasteiger partial charge in [-0.2, -0.15) is 9.29 Å². The van der Waals surface area contributed by atoms with Crippen molar-refractivity contribution in [2.75, 3.05) is 33.4 Å². The summed E-state index contributed by atoms with van der Waals surface area (Å²) < 4.78 is 49.9. The van der Waals surface area contributed by atoms with Crippen molar-refractivity contribution in [2.45, 2.75) is 30.3 Å². The number of ether oxygens (including phenoxy) is 4. The van der Waals surface area contributed by atoms with Crippen LogP contribution in [-0.4, -0.2) is 62.2 Å². The molecule has 4 rings (SSSR count). The zero-order chi connectivity index (χ0) is 20.3. The lowest BCUT2D eigenvalue weighted by Crippen LogP contribution is -2.44. The van der Waals surface area contributed by atoms with Gasteiger partial charge in [0.2, 0.25) is 15.9 Å². The lowest BCUT2D eigenvalue weighted by Gasteiger charge is -2.31. The molecule has 0 radical (unpaired) electrons. The van der Waals surface area contributed by atoms with Crippen molar-refractivity contribution in [3.63, 3.8) is 0 Å². The van der Waals surface area contributed by atoms with Gasteiger partial charge in [-0.05, 0) is 25.0 Å². The average molecular weight is 421 g/mol. The van der Waals surface area contributed by atoms with Gasteiger partial charge in [0, 0.05) is 31.3 Å². The second-order valence-corrected chi connectivity index (χ2v) is 8.72. The molecule has 1 saturated heterocycles. The SMILES string of the molecule is COc1nccc(OC2CCCN(S(=O)(=O)c3ccc4c(c3)OCCCO4)C2)n1. The Morgan fingerprint density at radius 2 is 1.97 bits per heavy atom. The van der Waals surface area contributed by atoms with Crippen molar-refractivity contribution in [1.29, 1.82) is 0 Å². The summed E-state index contributed by atoms with van der Waals surface area (Å²) in [4.78, 5) is 8.27. The molecular weight excluding hydrogens is 398 g/mol. The van der Waals surface area contributed by atoms with Gasteiger partial charge >= 0.3 is 6.01 Å². The Labute approximate surface area is 169 Å². The van der Waals surface area contributed by atoms with E-state index in [4.69, 9.17) is 18.9 Å². The smallest absolute Gasteiger partial charge is 0.319 e. The average Bonchev–Trinajstić information content (AvgIpc) is 2.99. The first kappa shape index (κ1) is 19.7. The van der Waals surface area contributed by atoms with Crippen molar-refractivity contribution in [1.82, 2.24) is 14.3 Å². The summed E-state index contributed by atoms with van der Waals surface area (Å²) in [6, 6.07) is 6.58. The quantitative estimate of drug-likeness (QED) is 0.721. The van der Waals surface area contributed by atoms with E-state index in [-0.39, 0.29) is 23.6 Å². The number of rotatable bonds is 5. The topological polar surface area (TPSA) is 100 Å².